The maximum Gasteiger partial charge on any atom is 0.410 e. The topological polar surface area (TPSA) is 82.1 Å². The summed E-state index contributed by atoms with van der Waals surface area (Å²) in [6.45, 7) is 7.75. The van der Waals surface area contributed by atoms with E-state index >= 15 is 0 Å². The van der Waals surface area contributed by atoms with Gasteiger partial charge in [-0.05, 0) is 40.2 Å². The summed E-state index contributed by atoms with van der Waals surface area (Å²) in [5.74, 6) is 0. The summed E-state index contributed by atoms with van der Waals surface area (Å²) < 4.78 is 5.44. The van der Waals surface area contributed by atoms with Gasteiger partial charge in [0, 0.05) is 32.7 Å². The Balaban J connectivity index is 2.69. The van der Waals surface area contributed by atoms with Crippen molar-refractivity contribution in [3.63, 3.8) is 0 Å². The summed E-state index contributed by atoms with van der Waals surface area (Å²) in [6.07, 6.45) is 0.526. The van der Waals surface area contributed by atoms with Crippen LogP contribution < -0.4 is 5.32 Å². The highest BCUT2D eigenvalue weighted by Crippen LogP contribution is 2.16. The maximum absolute atomic E-state index is 12.4. The predicted octanol–water partition coefficient (Wildman–Crippen LogP) is 1.59. The van der Waals surface area contributed by atoms with E-state index in [9.17, 15) is 9.59 Å². The Hall–Kier alpha value is -1.50. The fraction of sp³-hybridized carbons (Fsp3) is 0.857. The van der Waals surface area contributed by atoms with Crippen LogP contribution in [-0.2, 0) is 4.74 Å². The van der Waals surface area contributed by atoms with Crippen LogP contribution in [0.15, 0.2) is 0 Å². The van der Waals surface area contributed by atoms with Crippen molar-refractivity contribution in [1.29, 1.82) is 0 Å². The Morgan fingerprint density at radius 3 is 2.48 bits per heavy atom. The van der Waals surface area contributed by atoms with E-state index in [-0.39, 0.29) is 18.7 Å². The summed E-state index contributed by atoms with van der Waals surface area (Å²) in [6, 6.07) is 0.0517. The van der Waals surface area contributed by atoms with Gasteiger partial charge in [-0.1, -0.05) is 0 Å². The smallest absolute Gasteiger partial charge is 0.410 e. The minimum atomic E-state index is -0.999. The predicted molar refractivity (Wildman–Crippen MR) is 79.5 cm³/mol. The zero-order chi connectivity index (χ0) is 16.0. The zero-order valence-corrected chi connectivity index (χ0v) is 13.4. The van der Waals surface area contributed by atoms with Gasteiger partial charge in [-0.2, -0.15) is 0 Å². The monoisotopic (exact) mass is 301 g/mol. The van der Waals surface area contributed by atoms with Crippen LogP contribution >= 0.6 is 0 Å². The second-order valence-corrected chi connectivity index (χ2v) is 6.38. The largest absolute Gasteiger partial charge is 0.465 e. The van der Waals surface area contributed by atoms with Gasteiger partial charge in [0.1, 0.15) is 5.60 Å². The first-order valence-electron chi connectivity index (χ1n) is 7.35. The third-order valence-electron chi connectivity index (χ3n) is 3.34. The van der Waals surface area contributed by atoms with Crippen molar-refractivity contribution in [3.8, 4) is 0 Å². The van der Waals surface area contributed by atoms with E-state index in [1.165, 1.54) is 11.9 Å². The normalized spacial score (nSPS) is 19.0. The van der Waals surface area contributed by atoms with Gasteiger partial charge < -0.3 is 25.0 Å². The first kappa shape index (κ1) is 17.6. The lowest BCUT2D eigenvalue weighted by atomic mass is 10.1. The van der Waals surface area contributed by atoms with Crippen LogP contribution in [0.4, 0.5) is 9.59 Å². The average molecular weight is 301 g/mol. The van der Waals surface area contributed by atoms with Gasteiger partial charge >= 0.3 is 12.2 Å². The summed E-state index contributed by atoms with van der Waals surface area (Å²) in [5.41, 5.74) is -0.559. The number of nitrogens with zero attached hydrogens (tertiary/aromatic N) is 2. The van der Waals surface area contributed by atoms with Gasteiger partial charge in [0.25, 0.3) is 0 Å². The summed E-state index contributed by atoms with van der Waals surface area (Å²) >= 11 is 0. The number of hydrogen-bond acceptors (Lipinski definition) is 4. The molecule has 1 fully saturated rings. The Bertz CT molecular complexity index is 362. The molecular weight excluding hydrogens is 274 g/mol. The molecule has 2 N–H and O–H groups in total. The highest BCUT2D eigenvalue weighted by atomic mass is 16.6. The summed E-state index contributed by atoms with van der Waals surface area (Å²) in [4.78, 5) is 26.0. The second-order valence-electron chi connectivity index (χ2n) is 6.38. The molecule has 0 aromatic heterocycles. The SMILES string of the molecule is CN(CCN(C(=O)OC(C)(C)C)[C@H]1CCCNC1)C(=O)O. The third kappa shape index (κ3) is 6.20. The number of likely N-dealkylation sites (N-methyl/N-ethyl adjacent to an activating group) is 1. The van der Waals surface area contributed by atoms with Gasteiger partial charge in [0.15, 0.2) is 0 Å². The van der Waals surface area contributed by atoms with E-state index in [1.807, 2.05) is 20.8 Å². The van der Waals surface area contributed by atoms with Crippen molar-refractivity contribution in [3.05, 3.63) is 0 Å². The molecule has 0 radical (unpaired) electrons. The number of rotatable bonds is 4. The fourth-order valence-corrected chi connectivity index (χ4v) is 2.20. The molecule has 1 aliphatic heterocycles. The molecule has 0 spiro atoms. The van der Waals surface area contributed by atoms with Gasteiger partial charge in [-0.15, -0.1) is 0 Å². The molecule has 0 aliphatic carbocycles. The van der Waals surface area contributed by atoms with E-state index < -0.39 is 11.7 Å². The van der Waals surface area contributed by atoms with Crippen LogP contribution in [0.5, 0.6) is 0 Å². The Morgan fingerprint density at radius 1 is 1.33 bits per heavy atom. The number of amides is 2. The molecule has 0 unspecified atom stereocenters. The Labute approximate surface area is 126 Å². The molecule has 1 saturated heterocycles. The molecule has 0 saturated carbocycles. The number of ether oxygens (including phenoxy) is 1. The van der Waals surface area contributed by atoms with Crippen LogP contribution in [0, 0.1) is 0 Å². The van der Waals surface area contributed by atoms with Crippen molar-refractivity contribution in [2.45, 2.75) is 45.3 Å². The first-order chi connectivity index (χ1) is 9.70. The molecule has 7 heteroatoms. The molecule has 1 rings (SSSR count). The lowest BCUT2D eigenvalue weighted by Crippen LogP contribution is -2.52. The Kier molecular flexibility index (Phi) is 6.26. The van der Waals surface area contributed by atoms with E-state index in [4.69, 9.17) is 9.84 Å². The van der Waals surface area contributed by atoms with E-state index in [2.05, 4.69) is 5.32 Å². The first-order valence-corrected chi connectivity index (χ1v) is 7.35. The van der Waals surface area contributed by atoms with Crippen molar-refractivity contribution in [1.82, 2.24) is 15.1 Å². The van der Waals surface area contributed by atoms with E-state index in [0.29, 0.717) is 6.54 Å². The standard InChI is InChI=1S/C14H27N3O4/c1-14(2,3)21-13(20)17(9-8-16(4)12(18)19)11-6-5-7-15-10-11/h11,15H,5-10H2,1-4H3,(H,18,19)/t11-/m0/s1. The fourth-order valence-electron chi connectivity index (χ4n) is 2.20. The molecule has 0 aromatic carbocycles. The van der Waals surface area contributed by atoms with Crippen LogP contribution in [0.2, 0.25) is 0 Å². The van der Waals surface area contributed by atoms with Gasteiger partial charge in [0.05, 0.1) is 0 Å². The van der Waals surface area contributed by atoms with Gasteiger partial charge in [-0.25, -0.2) is 9.59 Å². The molecular formula is C14H27N3O4. The van der Waals surface area contributed by atoms with Crippen molar-refractivity contribution < 1.29 is 19.4 Å². The average Bonchev–Trinajstić information content (AvgIpc) is 2.37. The zero-order valence-electron chi connectivity index (χ0n) is 13.4. The number of hydrogen-bond donors (Lipinski definition) is 2. The molecule has 2 amide bonds. The van der Waals surface area contributed by atoms with Gasteiger partial charge in [0.2, 0.25) is 0 Å². The number of carboxylic acid groups (broad SMARTS) is 1. The number of nitrogens with one attached hydrogen (secondary N) is 1. The van der Waals surface area contributed by atoms with Crippen LogP contribution in [0.1, 0.15) is 33.6 Å². The third-order valence-corrected chi connectivity index (χ3v) is 3.34. The number of carbonyl (C=O) groups excluding carboxylic acids is 1. The quantitative estimate of drug-likeness (QED) is 0.824. The minimum absolute atomic E-state index is 0.0517. The van der Waals surface area contributed by atoms with Crippen molar-refractivity contribution >= 4 is 12.2 Å². The molecule has 1 atom stereocenters. The molecule has 1 heterocycles. The summed E-state index contributed by atoms with van der Waals surface area (Å²) in [7, 11) is 1.49. The van der Waals surface area contributed by atoms with Crippen LogP contribution in [-0.4, -0.2) is 72.0 Å². The molecule has 1 aliphatic rings. The van der Waals surface area contributed by atoms with Crippen molar-refractivity contribution in [2.24, 2.45) is 0 Å². The van der Waals surface area contributed by atoms with E-state index in [1.54, 1.807) is 4.90 Å². The molecule has 0 aromatic rings. The highest BCUT2D eigenvalue weighted by molar-refractivity contribution is 5.69. The maximum atomic E-state index is 12.4. The highest BCUT2D eigenvalue weighted by Gasteiger charge is 2.29. The lowest BCUT2D eigenvalue weighted by Gasteiger charge is -2.36. The second kappa shape index (κ2) is 7.49. The minimum Gasteiger partial charge on any atom is -0.465 e. The molecule has 0 bridgehead atoms. The number of carbonyl (C=O) groups is 2. The lowest BCUT2D eigenvalue weighted by molar-refractivity contribution is 0.0119. The summed E-state index contributed by atoms with van der Waals surface area (Å²) in [5, 5.41) is 12.2. The molecule has 7 nitrogen and oxygen atoms in total. The number of piperidine rings is 1. The van der Waals surface area contributed by atoms with Crippen LogP contribution in [0.3, 0.4) is 0 Å². The van der Waals surface area contributed by atoms with Crippen LogP contribution in [0.25, 0.3) is 0 Å². The van der Waals surface area contributed by atoms with E-state index in [0.717, 1.165) is 25.9 Å². The van der Waals surface area contributed by atoms with Gasteiger partial charge in [-0.3, -0.25) is 0 Å². The Morgan fingerprint density at radius 2 is 2.00 bits per heavy atom. The molecule has 21 heavy (non-hydrogen) atoms. The van der Waals surface area contributed by atoms with Crippen molar-refractivity contribution in [2.75, 3.05) is 33.2 Å². The molecule has 122 valence electrons.